The first-order valence-corrected chi connectivity index (χ1v) is 10.8. The lowest BCUT2D eigenvalue weighted by Crippen LogP contribution is -2.32. The third kappa shape index (κ3) is 4.66. The second-order valence-corrected chi connectivity index (χ2v) is 8.62. The Bertz CT molecular complexity index is 1270. The van der Waals surface area contributed by atoms with Crippen molar-refractivity contribution in [3.8, 4) is 0 Å². The lowest BCUT2D eigenvalue weighted by Gasteiger charge is -2.17. The summed E-state index contributed by atoms with van der Waals surface area (Å²) < 4.78 is 39.7. The van der Waals surface area contributed by atoms with Gasteiger partial charge in [-0.15, -0.1) is 0 Å². The molecule has 8 heteroatoms. The van der Waals surface area contributed by atoms with Crippen molar-refractivity contribution in [3.63, 3.8) is 0 Å². The maximum Gasteiger partial charge on any atom is 0.416 e. The number of halogens is 3. The fraction of sp³-hybridized carbons (Fsp3) is 0.120. The number of aryl methyl sites for hydroxylation is 2. The maximum atomic E-state index is 13.3. The molecular formula is C25H19F3N2O2S. The number of carbonyl (C=O) groups excluding carboxylic acids is 2. The largest absolute Gasteiger partial charge is 0.416 e. The van der Waals surface area contributed by atoms with E-state index in [-0.39, 0.29) is 16.3 Å². The summed E-state index contributed by atoms with van der Waals surface area (Å²) in [6.45, 7) is 3.87. The molecule has 168 valence electrons. The Kier molecular flexibility index (Phi) is 6.03. The highest BCUT2D eigenvalue weighted by molar-refractivity contribution is 8.04. The quantitative estimate of drug-likeness (QED) is 0.446. The molecule has 0 aromatic heterocycles. The summed E-state index contributed by atoms with van der Waals surface area (Å²) in [6.07, 6.45) is -4.60. The van der Waals surface area contributed by atoms with Crippen molar-refractivity contribution in [3.05, 3.63) is 100 Å². The molecule has 0 aliphatic carbocycles. The number of anilines is 2. The SMILES string of the molecule is Cc1ccc(NC2=C(Sc3ccccc3)C(=O)N(c3cccc(C(F)(F)F)c3)C2=O)cc1C. The van der Waals surface area contributed by atoms with E-state index in [0.717, 1.165) is 44.8 Å². The molecule has 33 heavy (non-hydrogen) atoms. The van der Waals surface area contributed by atoms with Crippen LogP contribution >= 0.6 is 11.8 Å². The number of hydrogen-bond donors (Lipinski definition) is 1. The standard InChI is InChI=1S/C25H19F3N2O2S/c1-15-11-12-18(13-16(15)2)29-21-22(33-20-9-4-3-5-10-20)24(32)30(23(21)31)19-8-6-7-17(14-19)25(26,27)28/h3-14,29H,1-2H3. The van der Waals surface area contributed by atoms with Gasteiger partial charge in [-0.3, -0.25) is 9.59 Å². The summed E-state index contributed by atoms with van der Waals surface area (Å²) in [5.74, 6) is -1.39. The van der Waals surface area contributed by atoms with Crippen LogP contribution in [0.2, 0.25) is 0 Å². The number of nitrogens with one attached hydrogen (secondary N) is 1. The number of hydrogen-bond acceptors (Lipinski definition) is 4. The van der Waals surface area contributed by atoms with E-state index in [2.05, 4.69) is 5.32 Å². The Hall–Kier alpha value is -3.52. The normalized spacial score (nSPS) is 14.3. The van der Waals surface area contributed by atoms with Gasteiger partial charge >= 0.3 is 6.18 Å². The minimum absolute atomic E-state index is 0.0227. The fourth-order valence-corrected chi connectivity index (χ4v) is 4.29. The Morgan fingerprint density at radius 1 is 0.818 bits per heavy atom. The second-order valence-electron chi connectivity index (χ2n) is 7.54. The van der Waals surface area contributed by atoms with Gasteiger partial charge in [0.05, 0.1) is 11.3 Å². The minimum Gasteiger partial charge on any atom is -0.350 e. The Morgan fingerprint density at radius 2 is 1.55 bits per heavy atom. The van der Waals surface area contributed by atoms with Crippen molar-refractivity contribution in [1.29, 1.82) is 0 Å². The number of benzene rings is 3. The van der Waals surface area contributed by atoms with Crippen molar-refractivity contribution in [2.45, 2.75) is 24.9 Å². The van der Waals surface area contributed by atoms with E-state index in [4.69, 9.17) is 0 Å². The summed E-state index contributed by atoms with van der Waals surface area (Å²) in [7, 11) is 0. The zero-order valence-corrected chi connectivity index (χ0v) is 18.6. The highest BCUT2D eigenvalue weighted by atomic mass is 32.2. The first-order valence-electron chi connectivity index (χ1n) is 10.0. The van der Waals surface area contributed by atoms with Crippen molar-refractivity contribution in [2.24, 2.45) is 0 Å². The molecule has 0 unspecified atom stereocenters. The molecule has 3 aromatic rings. The van der Waals surface area contributed by atoms with E-state index in [0.29, 0.717) is 5.69 Å². The maximum absolute atomic E-state index is 13.3. The molecule has 4 rings (SSSR count). The fourth-order valence-electron chi connectivity index (χ4n) is 3.34. The van der Waals surface area contributed by atoms with Crippen LogP contribution in [0.25, 0.3) is 0 Å². The molecule has 2 amide bonds. The van der Waals surface area contributed by atoms with Crippen LogP contribution in [0.15, 0.2) is 88.3 Å². The van der Waals surface area contributed by atoms with E-state index in [1.54, 1.807) is 30.3 Å². The number of rotatable bonds is 5. The van der Waals surface area contributed by atoms with E-state index < -0.39 is 23.6 Å². The molecule has 0 bridgehead atoms. The molecule has 0 saturated carbocycles. The molecule has 3 aromatic carbocycles. The molecule has 0 radical (unpaired) electrons. The summed E-state index contributed by atoms with van der Waals surface area (Å²) in [5, 5.41) is 3.03. The van der Waals surface area contributed by atoms with Gasteiger partial charge in [0.2, 0.25) is 0 Å². The lowest BCUT2D eigenvalue weighted by atomic mass is 10.1. The van der Waals surface area contributed by atoms with Crippen LogP contribution in [-0.2, 0) is 15.8 Å². The van der Waals surface area contributed by atoms with Crippen molar-refractivity contribution in [1.82, 2.24) is 0 Å². The predicted octanol–water partition coefficient (Wildman–Crippen LogP) is 6.31. The van der Waals surface area contributed by atoms with Crippen molar-refractivity contribution < 1.29 is 22.8 Å². The molecule has 0 spiro atoms. The third-order valence-corrected chi connectivity index (χ3v) is 6.30. The van der Waals surface area contributed by atoms with Crippen molar-refractivity contribution in [2.75, 3.05) is 10.2 Å². The van der Waals surface area contributed by atoms with E-state index in [1.807, 2.05) is 32.0 Å². The van der Waals surface area contributed by atoms with E-state index in [1.165, 1.54) is 12.1 Å². The average molecular weight is 469 g/mol. The topological polar surface area (TPSA) is 49.4 Å². The molecule has 0 atom stereocenters. The average Bonchev–Trinajstić information content (AvgIpc) is 3.00. The summed E-state index contributed by atoms with van der Waals surface area (Å²) in [5.41, 5.74) is 1.61. The van der Waals surface area contributed by atoms with Gasteiger partial charge in [0.15, 0.2) is 0 Å². The van der Waals surface area contributed by atoms with Crippen LogP contribution in [0.5, 0.6) is 0 Å². The highest BCUT2D eigenvalue weighted by Gasteiger charge is 2.41. The van der Waals surface area contributed by atoms with Crippen LogP contribution in [0.1, 0.15) is 16.7 Å². The Balaban J connectivity index is 1.76. The smallest absolute Gasteiger partial charge is 0.350 e. The zero-order valence-electron chi connectivity index (χ0n) is 17.7. The van der Waals surface area contributed by atoms with Crippen LogP contribution in [-0.4, -0.2) is 11.8 Å². The molecule has 1 heterocycles. The van der Waals surface area contributed by atoms with Crippen LogP contribution in [0, 0.1) is 13.8 Å². The Labute approximate surface area is 193 Å². The predicted molar refractivity (Wildman–Crippen MR) is 123 cm³/mol. The van der Waals surface area contributed by atoms with Crippen molar-refractivity contribution >= 4 is 35.0 Å². The molecular weight excluding hydrogens is 449 g/mol. The third-order valence-electron chi connectivity index (χ3n) is 5.21. The molecule has 1 aliphatic heterocycles. The van der Waals surface area contributed by atoms with Gasteiger partial charge in [-0.25, -0.2) is 4.90 Å². The van der Waals surface area contributed by atoms with Gasteiger partial charge < -0.3 is 5.32 Å². The molecule has 1 N–H and O–H groups in total. The van der Waals surface area contributed by atoms with Gasteiger partial charge in [0.1, 0.15) is 10.6 Å². The van der Waals surface area contributed by atoms with E-state index >= 15 is 0 Å². The van der Waals surface area contributed by atoms with Gasteiger partial charge in [0, 0.05) is 10.6 Å². The van der Waals surface area contributed by atoms with Crippen LogP contribution in [0.3, 0.4) is 0 Å². The molecule has 1 aliphatic rings. The van der Waals surface area contributed by atoms with Gasteiger partial charge in [-0.1, -0.05) is 42.1 Å². The zero-order chi connectivity index (χ0) is 23.8. The highest BCUT2D eigenvalue weighted by Crippen LogP contribution is 2.39. The monoisotopic (exact) mass is 468 g/mol. The number of thioether (sulfide) groups is 1. The Morgan fingerprint density at radius 3 is 2.21 bits per heavy atom. The first-order chi connectivity index (χ1) is 15.6. The number of nitrogens with zero attached hydrogens (tertiary/aromatic N) is 1. The summed E-state index contributed by atoms with van der Waals surface area (Å²) in [6, 6.07) is 18.7. The van der Waals surface area contributed by atoms with Crippen LogP contribution in [0.4, 0.5) is 24.5 Å². The number of amides is 2. The minimum atomic E-state index is -4.60. The van der Waals surface area contributed by atoms with Crippen LogP contribution < -0.4 is 10.2 Å². The first kappa shape index (κ1) is 22.7. The molecule has 0 fully saturated rings. The van der Waals surface area contributed by atoms with Gasteiger partial charge in [-0.2, -0.15) is 13.2 Å². The van der Waals surface area contributed by atoms with E-state index in [9.17, 15) is 22.8 Å². The number of carbonyl (C=O) groups is 2. The number of imide groups is 1. The molecule has 4 nitrogen and oxygen atoms in total. The lowest BCUT2D eigenvalue weighted by molar-refractivity contribution is -0.137. The second kappa shape index (κ2) is 8.78. The van der Waals surface area contributed by atoms with Gasteiger partial charge in [0.25, 0.3) is 11.8 Å². The number of alkyl halides is 3. The molecule has 0 saturated heterocycles. The summed E-state index contributed by atoms with van der Waals surface area (Å²) >= 11 is 1.09. The summed E-state index contributed by atoms with van der Waals surface area (Å²) in [4.78, 5) is 28.2. The van der Waals surface area contributed by atoms with Gasteiger partial charge in [-0.05, 0) is 67.4 Å².